The van der Waals surface area contributed by atoms with Crippen molar-refractivity contribution < 1.29 is 18.3 Å². The Kier molecular flexibility index (Phi) is 6.97. The van der Waals surface area contributed by atoms with Gasteiger partial charge in [0.2, 0.25) is 0 Å². The minimum atomic E-state index is -4.48. The second-order valence-corrected chi connectivity index (χ2v) is 7.82. The summed E-state index contributed by atoms with van der Waals surface area (Å²) in [7, 11) is 3.72. The molecular weight excluding hydrogens is 387 g/mol. The molecule has 0 heterocycles. The highest BCUT2D eigenvalue weighted by atomic mass is 35.5. The Labute approximate surface area is 169 Å². The Morgan fingerprint density at radius 3 is 2.21 bits per heavy atom. The lowest BCUT2D eigenvalue weighted by atomic mass is 9.76. The normalized spacial score (nSPS) is 16.1. The van der Waals surface area contributed by atoms with Gasteiger partial charge in [-0.15, -0.1) is 0 Å². The van der Waals surface area contributed by atoms with E-state index in [0.717, 1.165) is 17.7 Å². The van der Waals surface area contributed by atoms with Crippen LogP contribution in [0.1, 0.15) is 30.5 Å². The molecule has 2 aromatic carbocycles. The Morgan fingerprint density at radius 1 is 1.11 bits per heavy atom. The Hall–Kier alpha value is -1.82. The molecule has 2 nitrogen and oxygen atoms in total. The number of alkyl halides is 3. The number of rotatable bonds is 6. The summed E-state index contributed by atoms with van der Waals surface area (Å²) in [4.78, 5) is 1.90. The standard InChI is InChI=1S/C22H25ClF3NO/c1-15(12-17-8-10-20(23)11-9-17)21(28,16(2)14-27(3)4)18-6-5-7-19(13-18)22(24,25)26/h5-13,16,28H,14H2,1-4H3/b15-12+. The van der Waals surface area contributed by atoms with E-state index in [-0.39, 0.29) is 11.5 Å². The summed E-state index contributed by atoms with van der Waals surface area (Å²) in [6.07, 6.45) is -2.70. The fourth-order valence-electron chi connectivity index (χ4n) is 3.43. The summed E-state index contributed by atoms with van der Waals surface area (Å²) >= 11 is 5.92. The average molecular weight is 412 g/mol. The third-order valence-corrected chi connectivity index (χ3v) is 5.09. The maximum Gasteiger partial charge on any atom is 0.416 e. The zero-order valence-electron chi connectivity index (χ0n) is 16.4. The summed E-state index contributed by atoms with van der Waals surface area (Å²) in [5.74, 6) is -0.352. The van der Waals surface area contributed by atoms with Crippen LogP contribution < -0.4 is 0 Å². The monoisotopic (exact) mass is 411 g/mol. The topological polar surface area (TPSA) is 23.5 Å². The smallest absolute Gasteiger partial charge is 0.380 e. The SMILES string of the molecule is C/C(=C\c1ccc(Cl)cc1)C(O)(c1cccc(C(F)(F)F)c1)C(C)CN(C)C. The largest absolute Gasteiger partial charge is 0.416 e. The molecule has 0 aliphatic rings. The van der Waals surface area contributed by atoms with Crippen molar-refractivity contribution in [2.24, 2.45) is 5.92 Å². The lowest BCUT2D eigenvalue weighted by Crippen LogP contribution is -2.40. The minimum Gasteiger partial charge on any atom is -0.380 e. The van der Waals surface area contributed by atoms with Crippen LogP contribution in [-0.2, 0) is 11.8 Å². The summed E-state index contributed by atoms with van der Waals surface area (Å²) in [5, 5.41) is 12.3. The van der Waals surface area contributed by atoms with Gasteiger partial charge in [0.15, 0.2) is 0 Å². The van der Waals surface area contributed by atoms with Gasteiger partial charge in [-0.3, -0.25) is 0 Å². The van der Waals surface area contributed by atoms with E-state index in [1.807, 2.05) is 25.9 Å². The van der Waals surface area contributed by atoms with E-state index in [4.69, 9.17) is 11.6 Å². The van der Waals surface area contributed by atoms with Gasteiger partial charge >= 0.3 is 6.18 Å². The van der Waals surface area contributed by atoms with E-state index in [0.29, 0.717) is 17.1 Å². The molecule has 0 aromatic heterocycles. The van der Waals surface area contributed by atoms with Gasteiger partial charge in [-0.1, -0.05) is 48.9 Å². The molecule has 0 aliphatic heterocycles. The highest BCUT2D eigenvalue weighted by Crippen LogP contribution is 2.40. The van der Waals surface area contributed by atoms with Crippen molar-refractivity contribution in [2.45, 2.75) is 25.6 Å². The number of hydrogen-bond acceptors (Lipinski definition) is 2. The second kappa shape index (κ2) is 8.68. The van der Waals surface area contributed by atoms with Gasteiger partial charge in [0, 0.05) is 17.5 Å². The van der Waals surface area contributed by atoms with E-state index in [1.54, 1.807) is 43.3 Å². The Morgan fingerprint density at radius 2 is 1.68 bits per heavy atom. The van der Waals surface area contributed by atoms with E-state index in [1.165, 1.54) is 6.07 Å². The maximum atomic E-state index is 13.2. The molecule has 0 saturated heterocycles. The van der Waals surface area contributed by atoms with Crippen LogP contribution in [0, 0.1) is 5.92 Å². The first-order valence-corrected chi connectivity index (χ1v) is 9.31. The fraction of sp³-hybridized carbons (Fsp3) is 0.364. The highest BCUT2D eigenvalue weighted by molar-refractivity contribution is 6.30. The molecule has 0 fully saturated rings. The summed E-state index contributed by atoms with van der Waals surface area (Å²) < 4.78 is 39.7. The van der Waals surface area contributed by atoms with Crippen LogP contribution in [0.15, 0.2) is 54.1 Å². The van der Waals surface area contributed by atoms with E-state index in [9.17, 15) is 18.3 Å². The number of hydrogen-bond donors (Lipinski definition) is 1. The maximum absolute atomic E-state index is 13.2. The van der Waals surface area contributed by atoms with Crippen molar-refractivity contribution in [3.63, 3.8) is 0 Å². The Bertz CT molecular complexity index is 830. The van der Waals surface area contributed by atoms with Crippen LogP contribution in [0.4, 0.5) is 13.2 Å². The number of benzene rings is 2. The van der Waals surface area contributed by atoms with Gasteiger partial charge in [0.25, 0.3) is 0 Å². The average Bonchev–Trinajstić information content (AvgIpc) is 2.61. The zero-order valence-corrected chi connectivity index (χ0v) is 17.1. The van der Waals surface area contributed by atoms with Gasteiger partial charge in [-0.25, -0.2) is 0 Å². The molecule has 1 N–H and O–H groups in total. The van der Waals surface area contributed by atoms with Crippen LogP contribution in [0.2, 0.25) is 5.02 Å². The molecule has 2 unspecified atom stereocenters. The lowest BCUT2D eigenvalue weighted by molar-refractivity contribution is -0.137. The van der Waals surface area contributed by atoms with Crippen molar-refractivity contribution in [1.29, 1.82) is 0 Å². The second-order valence-electron chi connectivity index (χ2n) is 7.39. The van der Waals surface area contributed by atoms with Crippen molar-refractivity contribution in [2.75, 3.05) is 20.6 Å². The zero-order chi connectivity index (χ0) is 21.1. The molecule has 6 heteroatoms. The van der Waals surface area contributed by atoms with Gasteiger partial charge < -0.3 is 10.0 Å². The van der Waals surface area contributed by atoms with Crippen molar-refractivity contribution in [3.05, 3.63) is 75.8 Å². The highest BCUT2D eigenvalue weighted by Gasteiger charge is 2.39. The van der Waals surface area contributed by atoms with Crippen molar-refractivity contribution in [1.82, 2.24) is 4.90 Å². The van der Waals surface area contributed by atoms with Crippen molar-refractivity contribution >= 4 is 17.7 Å². The van der Waals surface area contributed by atoms with Crippen molar-refractivity contribution in [3.8, 4) is 0 Å². The predicted octanol–water partition coefficient (Wildman–Crippen LogP) is 5.85. The third-order valence-electron chi connectivity index (χ3n) is 4.84. The molecule has 2 rings (SSSR count). The molecule has 28 heavy (non-hydrogen) atoms. The molecule has 0 radical (unpaired) electrons. The summed E-state index contributed by atoms with van der Waals surface area (Å²) in [5.41, 5.74) is -0.752. The molecule has 0 bridgehead atoms. The van der Waals surface area contributed by atoms with Crippen LogP contribution in [0.5, 0.6) is 0 Å². The first-order valence-electron chi connectivity index (χ1n) is 8.93. The molecular formula is C22H25ClF3NO. The molecule has 0 amide bonds. The molecule has 0 aliphatic carbocycles. The molecule has 0 saturated carbocycles. The van der Waals surface area contributed by atoms with Crippen LogP contribution >= 0.6 is 11.6 Å². The van der Waals surface area contributed by atoms with Crippen LogP contribution in [-0.4, -0.2) is 30.6 Å². The number of halogens is 4. The summed E-state index contributed by atoms with van der Waals surface area (Å²) in [6, 6.07) is 12.0. The first kappa shape index (κ1) is 22.5. The van der Waals surface area contributed by atoms with Gasteiger partial charge in [-0.2, -0.15) is 13.2 Å². The minimum absolute atomic E-state index is 0.222. The fourth-order valence-corrected chi connectivity index (χ4v) is 3.56. The molecule has 2 atom stereocenters. The number of nitrogens with zero attached hydrogens (tertiary/aromatic N) is 1. The molecule has 2 aromatic rings. The van der Waals surface area contributed by atoms with Crippen LogP contribution in [0.3, 0.4) is 0 Å². The van der Waals surface area contributed by atoms with E-state index < -0.39 is 17.3 Å². The van der Waals surface area contributed by atoms with Gasteiger partial charge in [0.1, 0.15) is 5.60 Å². The summed E-state index contributed by atoms with van der Waals surface area (Å²) in [6.45, 7) is 4.07. The molecule has 0 spiro atoms. The quantitative estimate of drug-likeness (QED) is 0.644. The number of aliphatic hydroxyl groups is 1. The lowest BCUT2D eigenvalue weighted by Gasteiger charge is -2.37. The van der Waals surface area contributed by atoms with Gasteiger partial charge in [-0.05, 0) is 62.0 Å². The first-order chi connectivity index (χ1) is 12.9. The van der Waals surface area contributed by atoms with E-state index in [2.05, 4.69) is 0 Å². The van der Waals surface area contributed by atoms with Crippen LogP contribution in [0.25, 0.3) is 6.08 Å². The predicted molar refractivity (Wildman–Crippen MR) is 108 cm³/mol. The molecule has 152 valence electrons. The van der Waals surface area contributed by atoms with Gasteiger partial charge in [0.05, 0.1) is 5.56 Å². The third kappa shape index (κ3) is 5.16. The Balaban J connectivity index is 2.59. The van der Waals surface area contributed by atoms with E-state index >= 15 is 0 Å².